The topological polar surface area (TPSA) is 64.8 Å². The smallest absolute Gasteiger partial charge is 0.137 e. The van der Waals surface area contributed by atoms with Crippen LogP contribution in [-0.2, 0) is 0 Å². The monoisotopic (exact) mass is 275 g/mol. The number of nitrogens with one attached hydrogen (secondary N) is 1. The quantitative estimate of drug-likeness (QED) is 0.828. The van der Waals surface area contributed by atoms with Crippen molar-refractivity contribution in [2.45, 2.75) is 53.0 Å². The molecule has 1 aromatic heterocycles. The molecule has 0 radical (unpaired) electrons. The molecule has 0 aliphatic heterocycles. The predicted octanol–water partition coefficient (Wildman–Crippen LogP) is 3.16. The molecule has 20 heavy (non-hydrogen) atoms. The molecule has 1 aromatic rings. The van der Waals surface area contributed by atoms with E-state index in [4.69, 9.17) is 5.26 Å². The third-order valence-corrected chi connectivity index (χ3v) is 3.14. The third kappa shape index (κ3) is 3.83. The molecule has 0 aromatic carbocycles. The van der Waals surface area contributed by atoms with Gasteiger partial charge in [-0.3, -0.25) is 0 Å². The van der Waals surface area contributed by atoms with Gasteiger partial charge in [0.15, 0.2) is 0 Å². The fraction of sp³-hybridized carbons (Fsp3) is 0.667. The maximum absolute atomic E-state index is 8.84. The summed E-state index contributed by atoms with van der Waals surface area (Å²) >= 11 is 0. The summed E-state index contributed by atoms with van der Waals surface area (Å²) in [6.07, 6.45) is 2.09. The second kappa shape index (κ2) is 7.68. The molecule has 1 rings (SSSR count). The molecule has 5 heteroatoms. The third-order valence-electron chi connectivity index (χ3n) is 3.14. The zero-order valence-electron chi connectivity index (χ0n) is 13.1. The van der Waals surface area contributed by atoms with Crippen molar-refractivity contribution in [1.82, 2.24) is 9.97 Å². The molecule has 1 heterocycles. The van der Waals surface area contributed by atoms with E-state index in [1.54, 1.807) is 6.33 Å². The summed E-state index contributed by atoms with van der Waals surface area (Å²) < 4.78 is 0. The first-order valence-corrected chi connectivity index (χ1v) is 7.25. The highest BCUT2D eigenvalue weighted by molar-refractivity contribution is 5.60. The van der Waals surface area contributed by atoms with Gasteiger partial charge >= 0.3 is 0 Å². The first kappa shape index (κ1) is 16.2. The van der Waals surface area contributed by atoms with E-state index < -0.39 is 0 Å². The molecule has 0 fully saturated rings. The van der Waals surface area contributed by atoms with E-state index in [1.165, 1.54) is 0 Å². The summed E-state index contributed by atoms with van der Waals surface area (Å²) in [5, 5.41) is 12.1. The highest BCUT2D eigenvalue weighted by Gasteiger charge is 2.21. The van der Waals surface area contributed by atoms with Crippen LogP contribution in [0.3, 0.4) is 0 Å². The van der Waals surface area contributed by atoms with E-state index in [2.05, 4.69) is 60.9 Å². The Labute approximate surface area is 122 Å². The standard InChI is InChI=1S/C15H25N5/c1-6-17-14-13(11(2)3)15(19-10-18-14)20(12(4)5)9-7-8-16/h10-12H,6-7,9H2,1-5H3,(H,17,18,19). The molecule has 110 valence electrons. The van der Waals surface area contributed by atoms with E-state index in [9.17, 15) is 0 Å². The number of hydrogen-bond donors (Lipinski definition) is 1. The van der Waals surface area contributed by atoms with Crippen LogP contribution >= 0.6 is 0 Å². The van der Waals surface area contributed by atoms with Gasteiger partial charge in [-0.05, 0) is 26.7 Å². The molecule has 0 saturated heterocycles. The maximum atomic E-state index is 8.84. The summed E-state index contributed by atoms with van der Waals surface area (Å²) in [7, 11) is 0. The number of aromatic nitrogens is 2. The van der Waals surface area contributed by atoms with Crippen LogP contribution in [-0.4, -0.2) is 29.1 Å². The Morgan fingerprint density at radius 2 is 2.00 bits per heavy atom. The van der Waals surface area contributed by atoms with Crippen LogP contribution in [0.2, 0.25) is 0 Å². The van der Waals surface area contributed by atoms with Crippen molar-refractivity contribution in [2.75, 3.05) is 23.3 Å². The Morgan fingerprint density at radius 1 is 1.30 bits per heavy atom. The first-order chi connectivity index (χ1) is 9.52. The van der Waals surface area contributed by atoms with Crippen LogP contribution in [0.1, 0.15) is 52.5 Å². The van der Waals surface area contributed by atoms with Crippen LogP contribution in [0.4, 0.5) is 11.6 Å². The second-order valence-electron chi connectivity index (χ2n) is 5.34. The van der Waals surface area contributed by atoms with Gasteiger partial charge in [0.2, 0.25) is 0 Å². The largest absolute Gasteiger partial charge is 0.370 e. The SMILES string of the molecule is CCNc1ncnc(N(CCC#N)C(C)C)c1C(C)C. The molecule has 5 nitrogen and oxygen atoms in total. The second-order valence-corrected chi connectivity index (χ2v) is 5.34. The van der Waals surface area contributed by atoms with Gasteiger partial charge in [-0.15, -0.1) is 0 Å². The minimum atomic E-state index is 0.297. The highest BCUT2D eigenvalue weighted by atomic mass is 15.2. The lowest BCUT2D eigenvalue weighted by atomic mass is 10.0. The number of nitrogens with zero attached hydrogens (tertiary/aromatic N) is 4. The summed E-state index contributed by atoms with van der Waals surface area (Å²) in [5.41, 5.74) is 1.13. The van der Waals surface area contributed by atoms with Gasteiger partial charge in [0.05, 0.1) is 12.5 Å². The minimum Gasteiger partial charge on any atom is -0.370 e. The Hall–Kier alpha value is -1.83. The zero-order chi connectivity index (χ0) is 15.1. The molecule has 0 spiro atoms. The molecule has 0 aliphatic carbocycles. The van der Waals surface area contributed by atoms with Crippen LogP contribution in [0, 0.1) is 11.3 Å². The summed E-state index contributed by atoms with van der Waals surface area (Å²) in [4.78, 5) is 11.0. The Morgan fingerprint density at radius 3 is 2.50 bits per heavy atom. The van der Waals surface area contributed by atoms with Crippen LogP contribution in [0.5, 0.6) is 0 Å². The van der Waals surface area contributed by atoms with Crippen molar-refractivity contribution < 1.29 is 0 Å². The van der Waals surface area contributed by atoms with E-state index in [0.717, 1.165) is 23.7 Å². The predicted molar refractivity (Wildman–Crippen MR) is 83.0 cm³/mol. The van der Waals surface area contributed by atoms with E-state index >= 15 is 0 Å². The molecule has 0 aliphatic rings. The van der Waals surface area contributed by atoms with Crippen molar-refractivity contribution in [3.8, 4) is 6.07 Å². The Balaban J connectivity index is 3.26. The lowest BCUT2D eigenvalue weighted by molar-refractivity contribution is 0.665. The number of rotatable bonds is 7. The number of nitriles is 1. The normalized spacial score (nSPS) is 10.7. The molecule has 0 bridgehead atoms. The van der Waals surface area contributed by atoms with E-state index in [-0.39, 0.29) is 0 Å². The van der Waals surface area contributed by atoms with Gasteiger partial charge in [0.1, 0.15) is 18.0 Å². The molecule has 1 N–H and O–H groups in total. The molecule has 0 amide bonds. The molecule has 0 saturated carbocycles. The maximum Gasteiger partial charge on any atom is 0.137 e. The average Bonchev–Trinajstić information content (AvgIpc) is 2.39. The Bertz CT molecular complexity index is 462. The number of anilines is 2. The van der Waals surface area contributed by atoms with Crippen molar-refractivity contribution >= 4 is 11.6 Å². The van der Waals surface area contributed by atoms with Gasteiger partial charge in [-0.2, -0.15) is 5.26 Å². The van der Waals surface area contributed by atoms with Gasteiger partial charge in [0, 0.05) is 24.7 Å². The van der Waals surface area contributed by atoms with Gasteiger partial charge < -0.3 is 10.2 Å². The van der Waals surface area contributed by atoms with E-state index in [1.807, 2.05) is 0 Å². The van der Waals surface area contributed by atoms with Crippen molar-refractivity contribution in [3.05, 3.63) is 11.9 Å². The first-order valence-electron chi connectivity index (χ1n) is 7.25. The van der Waals surface area contributed by atoms with Crippen molar-refractivity contribution in [1.29, 1.82) is 5.26 Å². The minimum absolute atomic E-state index is 0.297. The van der Waals surface area contributed by atoms with Crippen LogP contribution in [0.25, 0.3) is 0 Å². The molecule has 0 unspecified atom stereocenters. The zero-order valence-corrected chi connectivity index (χ0v) is 13.1. The fourth-order valence-electron chi connectivity index (χ4n) is 2.23. The van der Waals surface area contributed by atoms with Gasteiger partial charge in [-0.25, -0.2) is 9.97 Å². The van der Waals surface area contributed by atoms with E-state index in [0.29, 0.717) is 24.9 Å². The van der Waals surface area contributed by atoms with Crippen molar-refractivity contribution in [3.63, 3.8) is 0 Å². The summed E-state index contributed by atoms with van der Waals surface area (Å²) in [6.45, 7) is 12.1. The number of hydrogen-bond acceptors (Lipinski definition) is 5. The fourth-order valence-corrected chi connectivity index (χ4v) is 2.23. The Kier molecular flexibility index (Phi) is 6.23. The van der Waals surface area contributed by atoms with Gasteiger partial charge in [-0.1, -0.05) is 13.8 Å². The van der Waals surface area contributed by atoms with Crippen LogP contribution < -0.4 is 10.2 Å². The summed E-state index contributed by atoms with van der Waals surface area (Å²) in [5.74, 6) is 2.16. The summed E-state index contributed by atoms with van der Waals surface area (Å²) in [6, 6.07) is 2.51. The lowest BCUT2D eigenvalue weighted by Gasteiger charge is -2.30. The highest BCUT2D eigenvalue weighted by Crippen LogP contribution is 2.31. The molecule has 0 atom stereocenters. The molecular formula is C15H25N5. The molecular weight excluding hydrogens is 250 g/mol. The van der Waals surface area contributed by atoms with Gasteiger partial charge in [0.25, 0.3) is 0 Å². The van der Waals surface area contributed by atoms with Crippen LogP contribution in [0.15, 0.2) is 6.33 Å². The lowest BCUT2D eigenvalue weighted by Crippen LogP contribution is -2.33. The van der Waals surface area contributed by atoms with Crippen molar-refractivity contribution in [2.24, 2.45) is 0 Å². The average molecular weight is 275 g/mol.